The van der Waals surface area contributed by atoms with Crippen molar-refractivity contribution in [2.45, 2.75) is 32.2 Å². The minimum Gasteiger partial charge on any atom is -0.497 e. The molecule has 1 aromatic carbocycles. The van der Waals surface area contributed by atoms with Crippen LogP contribution in [0.25, 0.3) is 0 Å². The molecule has 0 bridgehead atoms. The lowest BCUT2D eigenvalue weighted by molar-refractivity contribution is 0.413. The van der Waals surface area contributed by atoms with Crippen molar-refractivity contribution in [3.05, 3.63) is 46.4 Å². The quantitative estimate of drug-likeness (QED) is 0.810. The van der Waals surface area contributed by atoms with E-state index in [0.717, 1.165) is 31.6 Å². The van der Waals surface area contributed by atoms with E-state index >= 15 is 0 Å². The van der Waals surface area contributed by atoms with Gasteiger partial charge in [-0.3, -0.25) is 4.98 Å². The van der Waals surface area contributed by atoms with Crippen molar-refractivity contribution in [1.82, 2.24) is 10.3 Å². The molecular formula is C16H22N2OS. The number of rotatable bonds is 8. The maximum absolute atomic E-state index is 5.30. The van der Waals surface area contributed by atoms with E-state index in [0.29, 0.717) is 6.04 Å². The number of hydrogen-bond donors (Lipinski definition) is 1. The molecule has 0 saturated carbocycles. The Bertz CT molecular complexity index is 499. The van der Waals surface area contributed by atoms with Crippen molar-refractivity contribution in [1.29, 1.82) is 0 Å². The number of nitrogens with zero attached hydrogens (tertiary/aromatic N) is 1. The van der Waals surface area contributed by atoms with Gasteiger partial charge in [-0.05, 0) is 43.5 Å². The van der Waals surface area contributed by atoms with Crippen LogP contribution in [0.2, 0.25) is 0 Å². The third-order valence-electron chi connectivity index (χ3n) is 3.23. The lowest BCUT2D eigenvalue weighted by Crippen LogP contribution is -2.33. The average molecular weight is 290 g/mol. The van der Waals surface area contributed by atoms with Crippen molar-refractivity contribution in [2.24, 2.45) is 0 Å². The zero-order valence-electron chi connectivity index (χ0n) is 12.1. The molecule has 4 heteroatoms. The van der Waals surface area contributed by atoms with Gasteiger partial charge in [-0.25, -0.2) is 0 Å². The molecule has 2 aromatic rings. The number of methoxy groups -OCH3 is 1. The standard InChI is InChI=1S/C16H22N2OS/c1-3-7-18-14(10-16-11-17-12-20-16)8-13-5-4-6-15(9-13)19-2/h4-6,9,11-12,14,18H,3,7-8,10H2,1-2H3. The van der Waals surface area contributed by atoms with Gasteiger partial charge in [0, 0.05) is 17.1 Å². The number of aromatic nitrogens is 1. The first kappa shape index (κ1) is 15.0. The number of ether oxygens (including phenoxy) is 1. The van der Waals surface area contributed by atoms with Gasteiger partial charge in [0.1, 0.15) is 5.75 Å². The Morgan fingerprint density at radius 3 is 2.95 bits per heavy atom. The highest BCUT2D eigenvalue weighted by atomic mass is 32.1. The molecule has 0 aliphatic rings. The van der Waals surface area contributed by atoms with Crippen molar-refractivity contribution in [3.63, 3.8) is 0 Å². The second-order valence-corrected chi connectivity index (χ2v) is 5.85. The molecule has 0 saturated heterocycles. The number of benzene rings is 1. The molecule has 1 heterocycles. The van der Waals surface area contributed by atoms with Crippen molar-refractivity contribution in [3.8, 4) is 5.75 Å². The van der Waals surface area contributed by atoms with Crippen LogP contribution in [0.15, 0.2) is 36.0 Å². The van der Waals surface area contributed by atoms with Gasteiger partial charge in [0.15, 0.2) is 0 Å². The van der Waals surface area contributed by atoms with E-state index in [4.69, 9.17) is 4.74 Å². The summed E-state index contributed by atoms with van der Waals surface area (Å²) >= 11 is 1.73. The summed E-state index contributed by atoms with van der Waals surface area (Å²) in [5.41, 5.74) is 3.21. The highest BCUT2D eigenvalue weighted by Crippen LogP contribution is 2.16. The molecule has 1 N–H and O–H groups in total. The Morgan fingerprint density at radius 1 is 1.35 bits per heavy atom. The van der Waals surface area contributed by atoms with Gasteiger partial charge in [-0.15, -0.1) is 11.3 Å². The maximum Gasteiger partial charge on any atom is 0.119 e. The van der Waals surface area contributed by atoms with Crippen LogP contribution >= 0.6 is 11.3 Å². The second-order valence-electron chi connectivity index (χ2n) is 4.88. The maximum atomic E-state index is 5.30. The summed E-state index contributed by atoms with van der Waals surface area (Å²) in [6, 6.07) is 8.77. The highest BCUT2D eigenvalue weighted by molar-refractivity contribution is 7.09. The number of nitrogens with one attached hydrogen (secondary N) is 1. The van der Waals surface area contributed by atoms with Crippen molar-refractivity contribution >= 4 is 11.3 Å². The number of hydrogen-bond acceptors (Lipinski definition) is 4. The first-order valence-electron chi connectivity index (χ1n) is 7.05. The van der Waals surface area contributed by atoms with Crippen LogP contribution in [-0.2, 0) is 12.8 Å². The Labute approximate surface area is 125 Å². The summed E-state index contributed by atoms with van der Waals surface area (Å²) in [5, 5.41) is 3.63. The molecule has 0 aliphatic carbocycles. The predicted octanol–water partition coefficient (Wildman–Crippen LogP) is 3.31. The summed E-state index contributed by atoms with van der Waals surface area (Å²) in [7, 11) is 1.71. The smallest absolute Gasteiger partial charge is 0.119 e. The van der Waals surface area contributed by atoms with Gasteiger partial charge < -0.3 is 10.1 Å². The minimum absolute atomic E-state index is 0.447. The molecule has 20 heavy (non-hydrogen) atoms. The molecule has 3 nitrogen and oxygen atoms in total. The third kappa shape index (κ3) is 4.62. The summed E-state index contributed by atoms with van der Waals surface area (Å²) in [6.45, 7) is 3.25. The highest BCUT2D eigenvalue weighted by Gasteiger charge is 2.11. The van der Waals surface area contributed by atoms with E-state index in [1.54, 1.807) is 18.4 Å². The Hall–Kier alpha value is -1.39. The fraction of sp³-hybridized carbons (Fsp3) is 0.438. The fourth-order valence-corrected chi connectivity index (χ4v) is 2.91. The normalized spacial score (nSPS) is 12.3. The van der Waals surface area contributed by atoms with E-state index in [2.05, 4.69) is 35.4 Å². The lowest BCUT2D eigenvalue weighted by atomic mass is 10.0. The summed E-state index contributed by atoms with van der Waals surface area (Å²) in [4.78, 5) is 5.50. The van der Waals surface area contributed by atoms with Gasteiger partial charge >= 0.3 is 0 Å². The topological polar surface area (TPSA) is 34.1 Å². The van der Waals surface area contributed by atoms with E-state index < -0.39 is 0 Å². The Balaban J connectivity index is 2.02. The molecule has 0 spiro atoms. The zero-order chi connectivity index (χ0) is 14.2. The van der Waals surface area contributed by atoms with E-state index in [9.17, 15) is 0 Å². The molecule has 1 aromatic heterocycles. The van der Waals surface area contributed by atoms with Gasteiger partial charge in [0.2, 0.25) is 0 Å². The van der Waals surface area contributed by atoms with Crippen LogP contribution in [0, 0.1) is 0 Å². The van der Waals surface area contributed by atoms with Crippen LogP contribution in [0.5, 0.6) is 5.75 Å². The molecule has 1 unspecified atom stereocenters. The lowest BCUT2D eigenvalue weighted by Gasteiger charge is -2.18. The number of thiazole rings is 1. The molecule has 108 valence electrons. The molecule has 0 radical (unpaired) electrons. The van der Waals surface area contributed by atoms with Gasteiger partial charge in [0.25, 0.3) is 0 Å². The Kier molecular flexibility index (Phi) is 6.02. The zero-order valence-corrected chi connectivity index (χ0v) is 13.0. The van der Waals surface area contributed by atoms with E-state index in [1.165, 1.54) is 10.4 Å². The van der Waals surface area contributed by atoms with Gasteiger partial charge in [-0.2, -0.15) is 0 Å². The largest absolute Gasteiger partial charge is 0.497 e. The van der Waals surface area contributed by atoms with E-state index in [-0.39, 0.29) is 0 Å². The van der Waals surface area contributed by atoms with Crippen molar-refractivity contribution in [2.75, 3.05) is 13.7 Å². The van der Waals surface area contributed by atoms with Crippen LogP contribution in [0.1, 0.15) is 23.8 Å². The van der Waals surface area contributed by atoms with Crippen LogP contribution in [0.4, 0.5) is 0 Å². The molecule has 0 fully saturated rings. The minimum atomic E-state index is 0.447. The van der Waals surface area contributed by atoms with Crippen LogP contribution in [0.3, 0.4) is 0 Å². The summed E-state index contributed by atoms with van der Waals surface area (Å²) < 4.78 is 5.30. The SMILES string of the molecule is CCCNC(Cc1cccc(OC)c1)Cc1cncs1. The monoisotopic (exact) mass is 290 g/mol. The van der Waals surface area contributed by atoms with Gasteiger partial charge in [-0.1, -0.05) is 19.1 Å². The Morgan fingerprint density at radius 2 is 2.25 bits per heavy atom. The van der Waals surface area contributed by atoms with Crippen LogP contribution < -0.4 is 10.1 Å². The summed E-state index contributed by atoms with van der Waals surface area (Å²) in [6.07, 6.45) is 5.16. The summed E-state index contributed by atoms with van der Waals surface area (Å²) in [5.74, 6) is 0.925. The van der Waals surface area contributed by atoms with Crippen LogP contribution in [-0.4, -0.2) is 24.7 Å². The average Bonchev–Trinajstić information content (AvgIpc) is 2.98. The van der Waals surface area contributed by atoms with E-state index in [1.807, 2.05) is 17.8 Å². The molecule has 0 aliphatic heterocycles. The molecule has 1 atom stereocenters. The molecule has 2 rings (SSSR count). The second kappa shape index (κ2) is 8.02. The predicted molar refractivity (Wildman–Crippen MR) is 84.6 cm³/mol. The third-order valence-corrected chi connectivity index (χ3v) is 4.03. The first-order chi connectivity index (χ1) is 9.81. The molecule has 0 amide bonds. The van der Waals surface area contributed by atoms with Gasteiger partial charge in [0.05, 0.1) is 12.6 Å². The fourth-order valence-electron chi connectivity index (χ4n) is 2.23. The molecular weight excluding hydrogens is 268 g/mol. The van der Waals surface area contributed by atoms with Crippen molar-refractivity contribution < 1.29 is 4.74 Å². The first-order valence-corrected chi connectivity index (χ1v) is 7.93.